The Labute approximate surface area is 213 Å². The molecule has 3 rings (SSSR count). The van der Waals surface area contributed by atoms with E-state index in [1.807, 2.05) is 19.1 Å². The number of aromatic hydroxyl groups is 1. The van der Waals surface area contributed by atoms with E-state index in [0.29, 0.717) is 29.9 Å². The molecule has 0 spiro atoms. The van der Waals surface area contributed by atoms with Crippen LogP contribution >= 0.6 is 15.9 Å². The zero-order valence-electron chi connectivity index (χ0n) is 19.3. The van der Waals surface area contributed by atoms with Crippen molar-refractivity contribution in [2.45, 2.75) is 25.9 Å². The van der Waals surface area contributed by atoms with Crippen LogP contribution in [0.2, 0.25) is 0 Å². The molecule has 0 fully saturated rings. The summed E-state index contributed by atoms with van der Waals surface area (Å²) in [5.41, 5.74) is 8.29. The predicted molar refractivity (Wildman–Crippen MR) is 142 cm³/mol. The van der Waals surface area contributed by atoms with Gasteiger partial charge in [0.2, 0.25) is 5.91 Å². The van der Waals surface area contributed by atoms with Crippen LogP contribution in [0.1, 0.15) is 31.4 Å². The van der Waals surface area contributed by atoms with Crippen LogP contribution in [-0.2, 0) is 9.53 Å². The summed E-state index contributed by atoms with van der Waals surface area (Å²) in [5, 5.41) is 15.1. The van der Waals surface area contributed by atoms with Gasteiger partial charge in [0.1, 0.15) is 11.9 Å². The van der Waals surface area contributed by atoms with E-state index in [1.165, 1.54) is 6.08 Å². The Morgan fingerprint density at radius 2 is 1.71 bits per heavy atom. The van der Waals surface area contributed by atoms with Crippen LogP contribution in [0.3, 0.4) is 0 Å². The van der Waals surface area contributed by atoms with Crippen LogP contribution in [0.5, 0.6) is 5.75 Å². The van der Waals surface area contributed by atoms with E-state index in [9.17, 15) is 14.7 Å². The first-order valence-corrected chi connectivity index (χ1v) is 12.0. The molecular weight excluding hydrogens is 510 g/mol. The molecule has 0 bridgehead atoms. The van der Waals surface area contributed by atoms with Gasteiger partial charge in [-0.25, -0.2) is 4.79 Å². The molecule has 0 aliphatic carbocycles. The van der Waals surface area contributed by atoms with Gasteiger partial charge in [-0.2, -0.15) is 0 Å². The monoisotopic (exact) mass is 537 g/mol. The number of para-hydroxylation sites is 2. The number of nitrogen functional groups attached to an aromatic ring is 1. The van der Waals surface area contributed by atoms with E-state index < -0.39 is 12.2 Å². The number of nitrogens with two attached hydrogens (primary N) is 1. The minimum absolute atomic E-state index is 0.0623. The van der Waals surface area contributed by atoms with Gasteiger partial charge in [-0.05, 0) is 78.9 Å². The third kappa shape index (κ3) is 8.19. The number of amides is 2. The zero-order valence-corrected chi connectivity index (χ0v) is 20.9. The number of halogens is 1. The molecule has 0 saturated heterocycles. The molecule has 0 unspecified atom stereocenters. The molecular formula is C27H28BrN3O4. The summed E-state index contributed by atoms with van der Waals surface area (Å²) in [6.07, 6.45) is 3.39. The third-order valence-corrected chi connectivity index (χ3v) is 5.87. The second-order valence-corrected chi connectivity index (χ2v) is 9.00. The topological polar surface area (TPSA) is 114 Å². The Kier molecular flexibility index (Phi) is 9.31. The van der Waals surface area contributed by atoms with Crippen molar-refractivity contribution in [3.63, 3.8) is 0 Å². The van der Waals surface area contributed by atoms with E-state index in [4.69, 9.17) is 10.5 Å². The van der Waals surface area contributed by atoms with Gasteiger partial charge in [-0.15, -0.1) is 0 Å². The highest BCUT2D eigenvalue weighted by Gasteiger charge is 2.23. The summed E-state index contributed by atoms with van der Waals surface area (Å²) in [7, 11) is 0. The minimum atomic E-state index is -0.576. The number of ether oxygens (including phenoxy) is 1. The normalized spacial score (nSPS) is 12.6. The second-order valence-electron chi connectivity index (χ2n) is 8.08. The molecule has 182 valence electrons. The Morgan fingerprint density at radius 1 is 1.03 bits per heavy atom. The zero-order chi connectivity index (χ0) is 25.2. The van der Waals surface area contributed by atoms with E-state index in [-0.39, 0.29) is 17.6 Å². The van der Waals surface area contributed by atoms with Crippen LogP contribution in [0.4, 0.5) is 21.9 Å². The maximum Gasteiger partial charge on any atom is 0.412 e. The maximum atomic E-state index is 12.6. The third-order valence-electron chi connectivity index (χ3n) is 5.34. The number of carbonyl (C=O) groups is 2. The smallest absolute Gasteiger partial charge is 0.412 e. The number of allylic oxidation sites excluding steroid dienone is 1. The lowest BCUT2D eigenvalue weighted by Gasteiger charge is -2.24. The fraction of sp³-hybridized carbons (Fsp3) is 0.185. The molecule has 3 aromatic rings. The molecule has 3 aromatic carbocycles. The highest BCUT2D eigenvalue weighted by Crippen LogP contribution is 2.31. The SMILES string of the molecule is C[C@H](CC/C=C/C(=O)Nc1ccccc1N)[C@H](OC(=O)Nc1ccc(Br)cc1)c1ccc(O)cc1. The number of hydrogen-bond donors (Lipinski definition) is 4. The molecule has 0 aliphatic rings. The molecule has 0 aliphatic heterocycles. The van der Waals surface area contributed by atoms with Crippen LogP contribution in [0, 0.1) is 5.92 Å². The molecule has 0 aromatic heterocycles. The van der Waals surface area contributed by atoms with Gasteiger partial charge >= 0.3 is 6.09 Å². The van der Waals surface area contributed by atoms with E-state index in [2.05, 4.69) is 26.6 Å². The number of benzene rings is 3. The molecule has 0 heterocycles. The summed E-state index contributed by atoms with van der Waals surface area (Å²) in [6, 6.07) is 20.8. The predicted octanol–water partition coefficient (Wildman–Crippen LogP) is 6.64. The fourth-order valence-corrected chi connectivity index (χ4v) is 3.72. The Morgan fingerprint density at radius 3 is 2.40 bits per heavy atom. The summed E-state index contributed by atoms with van der Waals surface area (Å²) in [6.45, 7) is 1.98. The summed E-state index contributed by atoms with van der Waals surface area (Å²) in [5.74, 6) is -0.198. The highest BCUT2D eigenvalue weighted by molar-refractivity contribution is 9.10. The van der Waals surface area contributed by atoms with Crippen molar-refractivity contribution in [3.8, 4) is 5.75 Å². The number of anilines is 3. The van der Waals surface area contributed by atoms with Gasteiger partial charge in [0.25, 0.3) is 0 Å². The van der Waals surface area contributed by atoms with Gasteiger partial charge in [-0.1, -0.05) is 53.2 Å². The summed E-state index contributed by atoms with van der Waals surface area (Å²) < 4.78 is 6.69. The Balaban J connectivity index is 1.60. The molecule has 7 nitrogen and oxygen atoms in total. The van der Waals surface area contributed by atoms with Crippen LogP contribution < -0.4 is 16.4 Å². The molecule has 35 heavy (non-hydrogen) atoms. The molecule has 0 radical (unpaired) electrons. The first kappa shape index (κ1) is 25.8. The summed E-state index contributed by atoms with van der Waals surface area (Å²) >= 11 is 3.37. The minimum Gasteiger partial charge on any atom is -0.508 e. The first-order chi connectivity index (χ1) is 16.8. The Bertz CT molecular complexity index is 1160. The molecule has 2 atom stereocenters. The lowest BCUT2D eigenvalue weighted by atomic mass is 9.93. The molecule has 5 N–H and O–H groups in total. The first-order valence-electron chi connectivity index (χ1n) is 11.2. The van der Waals surface area contributed by atoms with Gasteiger partial charge in [0, 0.05) is 10.2 Å². The Hall–Kier alpha value is -3.78. The van der Waals surface area contributed by atoms with E-state index >= 15 is 0 Å². The van der Waals surface area contributed by atoms with Crippen molar-refractivity contribution in [3.05, 3.63) is 95.0 Å². The van der Waals surface area contributed by atoms with E-state index in [1.54, 1.807) is 66.7 Å². The lowest BCUT2D eigenvalue weighted by molar-refractivity contribution is -0.111. The fourth-order valence-electron chi connectivity index (χ4n) is 3.46. The van der Waals surface area contributed by atoms with Crippen molar-refractivity contribution < 1.29 is 19.4 Å². The van der Waals surface area contributed by atoms with Crippen LogP contribution in [-0.4, -0.2) is 17.1 Å². The average Bonchev–Trinajstić information content (AvgIpc) is 2.84. The number of nitrogens with one attached hydrogen (secondary N) is 2. The second kappa shape index (κ2) is 12.6. The largest absolute Gasteiger partial charge is 0.508 e. The van der Waals surface area contributed by atoms with Gasteiger partial charge in [0.15, 0.2) is 0 Å². The molecule has 2 amide bonds. The van der Waals surface area contributed by atoms with Crippen LogP contribution in [0.15, 0.2) is 89.4 Å². The number of phenolic OH excluding ortho intramolecular Hbond substituents is 1. The van der Waals surface area contributed by atoms with Crippen LogP contribution in [0.25, 0.3) is 0 Å². The maximum absolute atomic E-state index is 12.6. The molecule has 0 saturated carbocycles. The quantitative estimate of drug-likeness (QED) is 0.180. The number of phenols is 1. The van der Waals surface area contributed by atoms with Gasteiger partial charge in [0.05, 0.1) is 11.4 Å². The standard InChI is InChI=1S/C27H28BrN3O4/c1-18(6-2-5-9-25(33)31-24-8-4-3-7-23(24)29)26(19-10-16-22(32)17-11-19)35-27(34)30-21-14-12-20(28)13-15-21/h3-5,7-18,26,32H,2,6,29H2,1H3,(H,30,34)(H,31,33)/b9-5+/t18-,26+/m1/s1. The number of carbonyl (C=O) groups excluding carboxylic acids is 2. The lowest BCUT2D eigenvalue weighted by Crippen LogP contribution is -2.22. The van der Waals surface area contributed by atoms with Gasteiger partial charge < -0.3 is 20.9 Å². The highest BCUT2D eigenvalue weighted by atomic mass is 79.9. The van der Waals surface area contributed by atoms with Crippen molar-refractivity contribution in [2.24, 2.45) is 5.92 Å². The van der Waals surface area contributed by atoms with Crippen molar-refractivity contribution >= 4 is 45.0 Å². The molecule has 8 heteroatoms. The number of hydrogen-bond acceptors (Lipinski definition) is 5. The van der Waals surface area contributed by atoms with Crippen molar-refractivity contribution in [1.29, 1.82) is 0 Å². The average molecular weight is 538 g/mol. The summed E-state index contributed by atoms with van der Waals surface area (Å²) in [4.78, 5) is 24.8. The van der Waals surface area contributed by atoms with E-state index in [0.717, 1.165) is 10.0 Å². The van der Waals surface area contributed by atoms with Crippen molar-refractivity contribution in [1.82, 2.24) is 0 Å². The van der Waals surface area contributed by atoms with Crippen molar-refractivity contribution in [2.75, 3.05) is 16.4 Å². The number of rotatable bonds is 9. The van der Waals surface area contributed by atoms with Gasteiger partial charge in [-0.3, -0.25) is 10.1 Å².